The Morgan fingerprint density at radius 2 is 2.00 bits per heavy atom. The number of hydrogen-bond acceptors (Lipinski definition) is 4. The molecule has 1 aromatic heterocycles. The van der Waals surface area contributed by atoms with Crippen LogP contribution in [-0.2, 0) is 22.6 Å². The highest BCUT2D eigenvalue weighted by Gasteiger charge is 2.05. The van der Waals surface area contributed by atoms with Gasteiger partial charge in [0.15, 0.2) is 5.96 Å². The molecule has 0 atom stereocenters. The van der Waals surface area contributed by atoms with Gasteiger partial charge in [-0.1, -0.05) is 30.3 Å². The van der Waals surface area contributed by atoms with Crippen LogP contribution in [0.1, 0.15) is 17.8 Å². The summed E-state index contributed by atoms with van der Waals surface area (Å²) < 4.78 is 12.5. The Kier molecular flexibility index (Phi) is 9.24. The van der Waals surface area contributed by atoms with Gasteiger partial charge in [0.05, 0.1) is 19.8 Å². The van der Waals surface area contributed by atoms with Crippen molar-refractivity contribution >= 4 is 5.96 Å². The smallest absolute Gasteiger partial charge is 0.191 e. The number of methoxy groups -OCH3 is 1. The number of benzene rings is 1. The number of imidazole rings is 1. The molecule has 0 saturated heterocycles. The molecule has 1 aromatic carbocycles. The number of hydrogen-bond donors (Lipinski definition) is 2. The highest BCUT2D eigenvalue weighted by atomic mass is 16.5. The first kappa shape index (κ1) is 19.9. The van der Waals surface area contributed by atoms with Gasteiger partial charge in [0.1, 0.15) is 5.82 Å². The Morgan fingerprint density at radius 3 is 2.77 bits per heavy atom. The van der Waals surface area contributed by atoms with Crippen LogP contribution in [-0.4, -0.2) is 56.0 Å². The van der Waals surface area contributed by atoms with Crippen LogP contribution >= 0.6 is 0 Å². The molecule has 0 amide bonds. The molecule has 0 bridgehead atoms. The van der Waals surface area contributed by atoms with Crippen LogP contribution in [0.2, 0.25) is 0 Å². The fourth-order valence-corrected chi connectivity index (χ4v) is 2.44. The molecule has 7 heteroatoms. The molecular weight excluding hydrogens is 330 g/mol. The minimum absolute atomic E-state index is 0.615. The molecular formula is C19H29N5O2. The van der Waals surface area contributed by atoms with Gasteiger partial charge in [-0.15, -0.1) is 0 Å². The van der Waals surface area contributed by atoms with Crippen molar-refractivity contribution in [1.82, 2.24) is 20.2 Å². The van der Waals surface area contributed by atoms with Crippen molar-refractivity contribution in [2.45, 2.75) is 19.5 Å². The van der Waals surface area contributed by atoms with Crippen molar-refractivity contribution in [3.63, 3.8) is 0 Å². The van der Waals surface area contributed by atoms with Crippen LogP contribution in [0.4, 0.5) is 0 Å². The van der Waals surface area contributed by atoms with E-state index in [1.807, 2.05) is 18.5 Å². The van der Waals surface area contributed by atoms with E-state index in [4.69, 9.17) is 9.47 Å². The van der Waals surface area contributed by atoms with Gasteiger partial charge in [-0.25, -0.2) is 4.98 Å². The maximum Gasteiger partial charge on any atom is 0.191 e. The third kappa shape index (κ3) is 7.25. The number of ether oxygens (including phenoxy) is 2. The van der Waals surface area contributed by atoms with Crippen LogP contribution in [0.25, 0.3) is 0 Å². The first-order valence-corrected chi connectivity index (χ1v) is 8.88. The number of aliphatic imine (C=N–C) groups is 1. The second kappa shape index (κ2) is 12.1. The number of nitrogens with one attached hydrogen (secondary N) is 2. The summed E-state index contributed by atoms with van der Waals surface area (Å²) in [5.74, 6) is 1.73. The zero-order valence-electron chi connectivity index (χ0n) is 15.6. The van der Waals surface area contributed by atoms with Gasteiger partial charge in [-0.05, 0) is 12.0 Å². The second-order valence-electron chi connectivity index (χ2n) is 5.77. The van der Waals surface area contributed by atoms with Crippen LogP contribution in [0.5, 0.6) is 0 Å². The normalized spacial score (nSPS) is 11.5. The maximum atomic E-state index is 5.44. The average Bonchev–Trinajstić information content (AvgIpc) is 3.11. The van der Waals surface area contributed by atoms with E-state index >= 15 is 0 Å². The SMILES string of the molecule is CN=C(NCCCOCCOC)NCc1nccn1Cc1ccccc1. The second-order valence-corrected chi connectivity index (χ2v) is 5.77. The van der Waals surface area contributed by atoms with E-state index in [0.717, 1.165) is 31.3 Å². The molecule has 0 radical (unpaired) electrons. The first-order chi connectivity index (χ1) is 12.8. The number of nitrogens with zero attached hydrogens (tertiary/aromatic N) is 3. The Bertz CT molecular complexity index is 642. The molecule has 0 aliphatic carbocycles. The molecule has 2 N–H and O–H groups in total. The summed E-state index contributed by atoms with van der Waals surface area (Å²) in [4.78, 5) is 8.69. The summed E-state index contributed by atoms with van der Waals surface area (Å²) in [5, 5.41) is 6.59. The van der Waals surface area contributed by atoms with Gasteiger partial charge in [-0.2, -0.15) is 0 Å². The summed E-state index contributed by atoms with van der Waals surface area (Å²) in [6.07, 6.45) is 4.73. The van der Waals surface area contributed by atoms with Gasteiger partial charge >= 0.3 is 0 Å². The summed E-state index contributed by atoms with van der Waals surface area (Å²) >= 11 is 0. The molecule has 1 heterocycles. The van der Waals surface area contributed by atoms with Crippen molar-refractivity contribution in [3.05, 3.63) is 54.1 Å². The van der Waals surface area contributed by atoms with Crippen LogP contribution in [0.15, 0.2) is 47.7 Å². The monoisotopic (exact) mass is 359 g/mol. The van der Waals surface area contributed by atoms with Crippen LogP contribution < -0.4 is 10.6 Å². The molecule has 0 saturated carbocycles. The molecule has 0 aliphatic rings. The zero-order chi connectivity index (χ0) is 18.5. The highest BCUT2D eigenvalue weighted by Crippen LogP contribution is 2.05. The number of guanidine groups is 1. The van der Waals surface area contributed by atoms with Gasteiger partial charge in [0.2, 0.25) is 0 Å². The lowest BCUT2D eigenvalue weighted by Gasteiger charge is -2.13. The lowest BCUT2D eigenvalue weighted by atomic mass is 10.2. The van der Waals surface area contributed by atoms with E-state index in [2.05, 4.69) is 49.4 Å². The fourth-order valence-electron chi connectivity index (χ4n) is 2.44. The molecule has 7 nitrogen and oxygen atoms in total. The van der Waals surface area contributed by atoms with Crippen molar-refractivity contribution < 1.29 is 9.47 Å². The van der Waals surface area contributed by atoms with E-state index in [1.165, 1.54) is 5.56 Å². The molecule has 2 aromatic rings. The van der Waals surface area contributed by atoms with Crippen LogP contribution in [0.3, 0.4) is 0 Å². The minimum atomic E-state index is 0.615. The predicted molar refractivity (Wildman–Crippen MR) is 103 cm³/mol. The van der Waals surface area contributed by atoms with Gasteiger partial charge in [0.25, 0.3) is 0 Å². The van der Waals surface area contributed by atoms with E-state index in [-0.39, 0.29) is 0 Å². The quantitative estimate of drug-likeness (QED) is 0.363. The van der Waals surface area contributed by atoms with Crippen molar-refractivity contribution in [1.29, 1.82) is 0 Å². The Labute approximate surface area is 155 Å². The topological polar surface area (TPSA) is 72.7 Å². The third-order valence-electron chi connectivity index (χ3n) is 3.82. The standard InChI is InChI=1S/C19H29N5O2/c1-20-19(22-9-6-12-26-14-13-25-2)23-15-18-21-10-11-24(18)16-17-7-4-3-5-8-17/h3-5,7-8,10-11H,6,9,12-16H2,1-2H3,(H2,20,22,23). The van der Waals surface area contributed by atoms with E-state index in [1.54, 1.807) is 14.2 Å². The van der Waals surface area contributed by atoms with Crippen molar-refractivity contribution in [2.75, 3.05) is 40.5 Å². The fraction of sp³-hybridized carbons (Fsp3) is 0.474. The van der Waals surface area contributed by atoms with Gasteiger partial charge in [0, 0.05) is 46.2 Å². The zero-order valence-corrected chi connectivity index (χ0v) is 15.6. The van der Waals surface area contributed by atoms with Gasteiger partial charge in [-0.3, -0.25) is 4.99 Å². The van der Waals surface area contributed by atoms with Crippen molar-refractivity contribution in [3.8, 4) is 0 Å². The van der Waals surface area contributed by atoms with Crippen molar-refractivity contribution in [2.24, 2.45) is 4.99 Å². The van der Waals surface area contributed by atoms with E-state index < -0.39 is 0 Å². The average molecular weight is 359 g/mol. The molecule has 2 rings (SSSR count). The molecule has 142 valence electrons. The maximum absolute atomic E-state index is 5.44. The predicted octanol–water partition coefficient (Wildman–Crippen LogP) is 1.65. The summed E-state index contributed by atoms with van der Waals surface area (Å²) in [7, 11) is 3.44. The molecule has 0 aliphatic heterocycles. The van der Waals surface area contributed by atoms with E-state index in [9.17, 15) is 0 Å². The third-order valence-corrected chi connectivity index (χ3v) is 3.82. The molecule has 0 unspecified atom stereocenters. The Balaban J connectivity index is 1.71. The molecule has 26 heavy (non-hydrogen) atoms. The lowest BCUT2D eigenvalue weighted by Crippen LogP contribution is -2.38. The summed E-state index contributed by atoms with van der Waals surface area (Å²) in [6.45, 7) is 4.19. The summed E-state index contributed by atoms with van der Waals surface area (Å²) in [5.41, 5.74) is 1.25. The summed E-state index contributed by atoms with van der Waals surface area (Å²) in [6, 6.07) is 10.4. The lowest BCUT2D eigenvalue weighted by molar-refractivity contribution is 0.0698. The molecule has 0 fully saturated rings. The van der Waals surface area contributed by atoms with Crippen LogP contribution in [0, 0.1) is 0 Å². The Morgan fingerprint density at radius 1 is 1.15 bits per heavy atom. The van der Waals surface area contributed by atoms with E-state index in [0.29, 0.717) is 26.4 Å². The largest absolute Gasteiger partial charge is 0.382 e. The Hall–Kier alpha value is -2.38. The van der Waals surface area contributed by atoms with Gasteiger partial charge < -0.3 is 24.7 Å². The number of aromatic nitrogens is 2. The molecule has 0 spiro atoms. The number of rotatable bonds is 11. The minimum Gasteiger partial charge on any atom is -0.382 e. The highest BCUT2D eigenvalue weighted by molar-refractivity contribution is 5.79. The first-order valence-electron chi connectivity index (χ1n) is 8.88.